The number of nitrogens with zero attached hydrogens (tertiary/aromatic N) is 1. The standard InChI is InChI=1S/C16H22N2OS/c1-5-19-13-8-6-7-12(9-13)17-10-14-11-18-15(20-14)16(2,3)4/h6-9,11,17H,5,10H2,1-4H3. The van der Waals surface area contributed by atoms with Crippen LogP contribution in [-0.4, -0.2) is 11.6 Å². The number of ether oxygens (including phenoxy) is 1. The molecule has 0 unspecified atom stereocenters. The van der Waals surface area contributed by atoms with Gasteiger partial charge in [0.25, 0.3) is 0 Å². The highest BCUT2D eigenvalue weighted by Crippen LogP contribution is 2.27. The maximum atomic E-state index is 5.50. The number of hydrogen-bond donors (Lipinski definition) is 1. The molecular formula is C16H22N2OS. The number of aromatic nitrogens is 1. The van der Waals surface area contributed by atoms with Gasteiger partial charge in [0, 0.05) is 28.2 Å². The van der Waals surface area contributed by atoms with Crippen molar-refractivity contribution in [2.24, 2.45) is 0 Å². The van der Waals surface area contributed by atoms with Crippen molar-refractivity contribution in [1.82, 2.24) is 4.98 Å². The molecule has 2 aromatic rings. The van der Waals surface area contributed by atoms with E-state index in [9.17, 15) is 0 Å². The van der Waals surface area contributed by atoms with Crippen LogP contribution in [0.3, 0.4) is 0 Å². The van der Waals surface area contributed by atoms with Gasteiger partial charge in [0.2, 0.25) is 0 Å². The zero-order valence-electron chi connectivity index (χ0n) is 12.6. The monoisotopic (exact) mass is 290 g/mol. The number of nitrogens with one attached hydrogen (secondary N) is 1. The fourth-order valence-corrected chi connectivity index (χ4v) is 2.70. The first-order chi connectivity index (χ1) is 9.49. The number of rotatable bonds is 5. The molecule has 0 radical (unpaired) electrons. The van der Waals surface area contributed by atoms with Crippen LogP contribution in [0, 0.1) is 0 Å². The summed E-state index contributed by atoms with van der Waals surface area (Å²) in [6.07, 6.45) is 1.96. The Hall–Kier alpha value is -1.55. The van der Waals surface area contributed by atoms with E-state index in [1.807, 2.05) is 37.4 Å². The van der Waals surface area contributed by atoms with E-state index in [1.54, 1.807) is 11.3 Å². The molecule has 2 rings (SSSR count). The minimum Gasteiger partial charge on any atom is -0.494 e. The summed E-state index contributed by atoms with van der Waals surface area (Å²) in [4.78, 5) is 5.75. The van der Waals surface area contributed by atoms with Gasteiger partial charge in [-0.1, -0.05) is 26.8 Å². The van der Waals surface area contributed by atoms with E-state index in [4.69, 9.17) is 4.74 Å². The van der Waals surface area contributed by atoms with Crippen LogP contribution < -0.4 is 10.1 Å². The molecule has 108 valence electrons. The Morgan fingerprint density at radius 1 is 1.30 bits per heavy atom. The van der Waals surface area contributed by atoms with Crippen molar-refractivity contribution in [3.8, 4) is 5.75 Å². The predicted octanol–water partition coefficient (Wildman–Crippen LogP) is 4.45. The van der Waals surface area contributed by atoms with Crippen LogP contribution in [0.1, 0.15) is 37.6 Å². The van der Waals surface area contributed by atoms with Crippen LogP contribution >= 0.6 is 11.3 Å². The smallest absolute Gasteiger partial charge is 0.121 e. The highest BCUT2D eigenvalue weighted by Gasteiger charge is 2.17. The van der Waals surface area contributed by atoms with E-state index < -0.39 is 0 Å². The molecule has 4 heteroatoms. The van der Waals surface area contributed by atoms with E-state index >= 15 is 0 Å². The Labute approximate surface area is 125 Å². The molecule has 20 heavy (non-hydrogen) atoms. The minimum absolute atomic E-state index is 0.123. The van der Waals surface area contributed by atoms with Crippen molar-refractivity contribution in [3.05, 3.63) is 40.3 Å². The molecule has 0 bridgehead atoms. The van der Waals surface area contributed by atoms with Crippen molar-refractivity contribution >= 4 is 17.0 Å². The Morgan fingerprint density at radius 3 is 2.75 bits per heavy atom. The molecule has 1 heterocycles. The zero-order valence-corrected chi connectivity index (χ0v) is 13.4. The molecule has 1 N–H and O–H groups in total. The maximum absolute atomic E-state index is 5.50. The molecular weight excluding hydrogens is 268 g/mol. The van der Waals surface area contributed by atoms with Crippen LogP contribution in [0.25, 0.3) is 0 Å². The summed E-state index contributed by atoms with van der Waals surface area (Å²) in [6.45, 7) is 10.0. The number of benzene rings is 1. The van der Waals surface area contributed by atoms with Crippen LogP contribution in [0.15, 0.2) is 30.5 Å². The van der Waals surface area contributed by atoms with Gasteiger partial charge < -0.3 is 10.1 Å². The number of thiazole rings is 1. The summed E-state index contributed by atoms with van der Waals surface area (Å²) in [5, 5.41) is 4.59. The SMILES string of the molecule is CCOc1cccc(NCc2cnc(C(C)(C)C)s2)c1. The lowest BCUT2D eigenvalue weighted by Gasteiger charge is -2.13. The third-order valence-corrected chi connectivity index (χ3v) is 4.23. The van der Waals surface area contributed by atoms with Gasteiger partial charge in [-0.15, -0.1) is 11.3 Å². The summed E-state index contributed by atoms with van der Waals surface area (Å²) in [5.41, 5.74) is 1.19. The van der Waals surface area contributed by atoms with Crippen LogP contribution in [0.2, 0.25) is 0 Å². The highest BCUT2D eigenvalue weighted by molar-refractivity contribution is 7.11. The third-order valence-electron chi connectivity index (χ3n) is 2.81. The average molecular weight is 290 g/mol. The lowest BCUT2D eigenvalue weighted by Crippen LogP contribution is -2.09. The van der Waals surface area contributed by atoms with Crippen LogP contribution in [0.5, 0.6) is 5.75 Å². The van der Waals surface area contributed by atoms with Crippen LogP contribution in [0.4, 0.5) is 5.69 Å². The minimum atomic E-state index is 0.123. The Kier molecular flexibility index (Phi) is 4.65. The lowest BCUT2D eigenvalue weighted by molar-refractivity contribution is 0.340. The lowest BCUT2D eigenvalue weighted by atomic mass is 9.98. The Morgan fingerprint density at radius 2 is 2.10 bits per heavy atom. The molecule has 0 aliphatic rings. The molecule has 1 aromatic carbocycles. The molecule has 3 nitrogen and oxygen atoms in total. The summed E-state index contributed by atoms with van der Waals surface area (Å²) in [7, 11) is 0. The summed E-state index contributed by atoms with van der Waals surface area (Å²) < 4.78 is 5.50. The van der Waals surface area contributed by atoms with Gasteiger partial charge in [-0.3, -0.25) is 0 Å². The maximum Gasteiger partial charge on any atom is 0.121 e. The normalized spacial score (nSPS) is 11.4. The van der Waals surface area contributed by atoms with E-state index in [1.165, 1.54) is 9.88 Å². The predicted molar refractivity (Wildman–Crippen MR) is 85.8 cm³/mol. The van der Waals surface area contributed by atoms with Crippen molar-refractivity contribution in [3.63, 3.8) is 0 Å². The summed E-state index contributed by atoms with van der Waals surface area (Å²) >= 11 is 1.77. The largest absolute Gasteiger partial charge is 0.494 e. The molecule has 0 aliphatic heterocycles. The third kappa shape index (κ3) is 3.97. The molecule has 0 spiro atoms. The van der Waals surface area contributed by atoms with E-state index in [-0.39, 0.29) is 5.41 Å². The Balaban J connectivity index is 1.98. The quantitative estimate of drug-likeness (QED) is 0.883. The van der Waals surface area contributed by atoms with Crippen LogP contribution in [-0.2, 0) is 12.0 Å². The summed E-state index contributed by atoms with van der Waals surface area (Å²) in [5.74, 6) is 0.900. The molecule has 0 saturated heterocycles. The molecule has 1 aromatic heterocycles. The zero-order chi connectivity index (χ0) is 14.6. The second-order valence-electron chi connectivity index (χ2n) is 5.70. The number of hydrogen-bond acceptors (Lipinski definition) is 4. The molecule has 0 saturated carbocycles. The fourth-order valence-electron chi connectivity index (χ4n) is 1.79. The van der Waals surface area contributed by atoms with Gasteiger partial charge in [-0.25, -0.2) is 4.98 Å². The van der Waals surface area contributed by atoms with Crippen molar-refractivity contribution in [2.75, 3.05) is 11.9 Å². The first-order valence-electron chi connectivity index (χ1n) is 6.91. The molecule has 0 amide bonds. The molecule has 0 fully saturated rings. The topological polar surface area (TPSA) is 34.1 Å². The fraction of sp³-hybridized carbons (Fsp3) is 0.438. The van der Waals surface area contributed by atoms with Gasteiger partial charge in [0.05, 0.1) is 18.2 Å². The second kappa shape index (κ2) is 6.27. The summed E-state index contributed by atoms with van der Waals surface area (Å²) in [6, 6.07) is 8.04. The first-order valence-corrected chi connectivity index (χ1v) is 7.72. The van der Waals surface area contributed by atoms with Gasteiger partial charge in [-0.05, 0) is 19.1 Å². The van der Waals surface area contributed by atoms with Gasteiger partial charge in [0.15, 0.2) is 0 Å². The average Bonchev–Trinajstić information content (AvgIpc) is 2.86. The van der Waals surface area contributed by atoms with Crippen molar-refractivity contribution in [1.29, 1.82) is 0 Å². The molecule has 0 aliphatic carbocycles. The van der Waals surface area contributed by atoms with Gasteiger partial charge in [0.1, 0.15) is 5.75 Å². The van der Waals surface area contributed by atoms with E-state index in [2.05, 4.69) is 31.1 Å². The number of anilines is 1. The molecule has 0 atom stereocenters. The van der Waals surface area contributed by atoms with Crippen molar-refractivity contribution < 1.29 is 4.74 Å². The van der Waals surface area contributed by atoms with Crippen molar-refractivity contribution in [2.45, 2.75) is 39.7 Å². The highest BCUT2D eigenvalue weighted by atomic mass is 32.1. The van der Waals surface area contributed by atoms with E-state index in [0.29, 0.717) is 6.61 Å². The second-order valence-corrected chi connectivity index (χ2v) is 6.81. The van der Waals surface area contributed by atoms with Gasteiger partial charge >= 0.3 is 0 Å². The first kappa shape index (κ1) is 14.9. The van der Waals surface area contributed by atoms with E-state index in [0.717, 1.165) is 18.0 Å². The Bertz CT molecular complexity index is 558. The van der Waals surface area contributed by atoms with Gasteiger partial charge in [-0.2, -0.15) is 0 Å².